The van der Waals surface area contributed by atoms with Crippen molar-refractivity contribution in [3.05, 3.63) is 23.8 Å². The molecule has 0 amide bonds. The zero-order chi connectivity index (χ0) is 25.6. The molecule has 0 radical (unpaired) electrons. The van der Waals surface area contributed by atoms with Gasteiger partial charge in [0.1, 0.15) is 5.60 Å². The number of unbranched alkanes of at least 4 members (excludes halogenated alkanes) is 2. The topological polar surface area (TPSA) is 89.9 Å². The third-order valence-corrected chi connectivity index (χ3v) is 9.89. The van der Waals surface area contributed by atoms with Gasteiger partial charge in [0.25, 0.3) is 0 Å². The summed E-state index contributed by atoms with van der Waals surface area (Å²) in [5.74, 6) is -0.00623. The molecule has 6 heteroatoms. The van der Waals surface area contributed by atoms with Gasteiger partial charge in [0.2, 0.25) is 5.78 Å². The Hall–Kier alpha value is -1.79. The molecule has 0 aromatic rings. The maximum absolute atomic E-state index is 13.7. The maximum Gasteiger partial charge on any atom is 0.303 e. The molecule has 194 valence electrons. The highest BCUT2D eigenvalue weighted by Crippen LogP contribution is 2.68. The Morgan fingerprint density at radius 1 is 1.23 bits per heavy atom. The van der Waals surface area contributed by atoms with E-state index in [0.29, 0.717) is 19.4 Å². The lowest BCUT2D eigenvalue weighted by molar-refractivity contribution is -0.196. The molecule has 4 aliphatic rings. The molecule has 4 aliphatic carbocycles. The molecule has 0 bridgehead atoms. The molecule has 0 heterocycles. The zero-order valence-electron chi connectivity index (χ0n) is 22.0. The molecule has 3 fully saturated rings. The van der Waals surface area contributed by atoms with E-state index in [1.54, 1.807) is 12.2 Å². The third-order valence-electron chi connectivity index (χ3n) is 9.89. The van der Waals surface area contributed by atoms with Gasteiger partial charge in [-0.2, -0.15) is 0 Å². The van der Waals surface area contributed by atoms with E-state index in [1.807, 2.05) is 6.08 Å². The van der Waals surface area contributed by atoms with Crippen LogP contribution in [0.15, 0.2) is 23.8 Å². The molecule has 35 heavy (non-hydrogen) atoms. The first-order chi connectivity index (χ1) is 16.5. The number of fused-ring (bicyclic) bond motifs is 5. The van der Waals surface area contributed by atoms with E-state index in [1.165, 1.54) is 6.92 Å². The Kier molecular flexibility index (Phi) is 7.20. The minimum atomic E-state index is -1.06. The molecular formula is C29H42O6. The number of rotatable bonds is 8. The van der Waals surface area contributed by atoms with Crippen molar-refractivity contribution in [3.63, 3.8) is 0 Å². The summed E-state index contributed by atoms with van der Waals surface area (Å²) < 4.78 is 11.7. The Labute approximate surface area is 209 Å². The van der Waals surface area contributed by atoms with E-state index in [4.69, 9.17) is 9.47 Å². The Balaban J connectivity index is 1.70. The highest BCUT2D eigenvalue weighted by Gasteiger charge is 2.69. The highest BCUT2D eigenvalue weighted by molar-refractivity contribution is 6.01. The molecule has 1 N–H and O–H groups in total. The number of carbonyl (C=O) groups excluding carboxylic acids is 3. The van der Waals surface area contributed by atoms with Gasteiger partial charge >= 0.3 is 5.97 Å². The molecular weight excluding hydrogens is 444 g/mol. The number of esters is 1. The number of carbonyl (C=O) groups is 3. The molecule has 8 atom stereocenters. The molecule has 0 aliphatic heterocycles. The molecule has 3 saturated carbocycles. The summed E-state index contributed by atoms with van der Waals surface area (Å²) in [6, 6.07) is 0. The van der Waals surface area contributed by atoms with E-state index in [9.17, 15) is 19.5 Å². The molecule has 0 saturated heterocycles. The van der Waals surface area contributed by atoms with Gasteiger partial charge in [-0.1, -0.05) is 52.2 Å². The standard InChI is InChI=1S/C29H42O6/c1-6-7-8-13-35-29(25(33)17-34-19(3)30)12-10-22-21-14-18(2)23-15-20(31)9-11-27(23,4)26(21)24(32)16-28(22,29)5/h9,11,15,18,21-22,24,26,32H,6-8,10,12-14,16-17H2,1-5H3/t18?,21-,22-,24?,26+,27-,28-,29-/m0/s1. The van der Waals surface area contributed by atoms with Crippen molar-refractivity contribution in [2.45, 2.75) is 91.3 Å². The van der Waals surface area contributed by atoms with Crippen LogP contribution in [0.1, 0.15) is 79.6 Å². The van der Waals surface area contributed by atoms with Crippen molar-refractivity contribution < 1.29 is 29.0 Å². The van der Waals surface area contributed by atoms with Crippen LogP contribution < -0.4 is 0 Å². The van der Waals surface area contributed by atoms with Crippen LogP contribution in [0.25, 0.3) is 0 Å². The summed E-state index contributed by atoms with van der Waals surface area (Å²) in [7, 11) is 0. The van der Waals surface area contributed by atoms with Crippen molar-refractivity contribution in [3.8, 4) is 0 Å². The van der Waals surface area contributed by atoms with E-state index in [2.05, 4.69) is 27.7 Å². The van der Waals surface area contributed by atoms with Crippen molar-refractivity contribution in [2.24, 2.45) is 34.5 Å². The van der Waals surface area contributed by atoms with Gasteiger partial charge in [0.15, 0.2) is 12.4 Å². The SMILES string of the molecule is CCCCCO[C@]1(C(=O)COC(C)=O)CC[C@H]2[C@@H]3CC(C)C4=CC(=O)C=C[C@]4(C)[C@H]3C(O)C[C@@]21C. The fraction of sp³-hybridized carbons (Fsp3) is 0.759. The summed E-state index contributed by atoms with van der Waals surface area (Å²) in [4.78, 5) is 37.4. The van der Waals surface area contributed by atoms with Crippen LogP contribution in [-0.2, 0) is 23.9 Å². The van der Waals surface area contributed by atoms with Crippen LogP contribution in [-0.4, -0.2) is 47.6 Å². The summed E-state index contributed by atoms with van der Waals surface area (Å²) >= 11 is 0. The van der Waals surface area contributed by atoms with E-state index < -0.39 is 23.1 Å². The van der Waals surface area contributed by atoms with Gasteiger partial charge in [0.05, 0.1) is 6.10 Å². The molecule has 0 aromatic carbocycles. The van der Waals surface area contributed by atoms with Crippen molar-refractivity contribution in [1.82, 2.24) is 0 Å². The number of allylic oxidation sites excluding steroid dienone is 4. The molecule has 0 spiro atoms. The molecule has 0 aromatic heterocycles. The fourth-order valence-corrected chi connectivity index (χ4v) is 8.40. The predicted molar refractivity (Wildman–Crippen MR) is 132 cm³/mol. The normalized spacial score (nSPS) is 42.1. The van der Waals surface area contributed by atoms with Crippen LogP contribution in [0.2, 0.25) is 0 Å². The lowest BCUT2D eigenvalue weighted by Crippen LogP contribution is -2.63. The Morgan fingerprint density at radius 2 is 1.97 bits per heavy atom. The van der Waals surface area contributed by atoms with Gasteiger partial charge in [-0.05, 0) is 62.0 Å². The van der Waals surface area contributed by atoms with Crippen LogP contribution in [0.4, 0.5) is 0 Å². The molecule has 6 nitrogen and oxygen atoms in total. The summed E-state index contributed by atoms with van der Waals surface area (Å²) in [5, 5.41) is 11.7. The number of aliphatic hydroxyl groups is 1. The lowest BCUT2D eigenvalue weighted by Gasteiger charge is -2.61. The van der Waals surface area contributed by atoms with Gasteiger partial charge in [-0.15, -0.1) is 0 Å². The van der Waals surface area contributed by atoms with Crippen LogP contribution >= 0.6 is 0 Å². The lowest BCUT2D eigenvalue weighted by atomic mass is 9.44. The Bertz CT molecular complexity index is 935. The van der Waals surface area contributed by atoms with Crippen molar-refractivity contribution in [2.75, 3.05) is 13.2 Å². The second-order valence-corrected chi connectivity index (χ2v) is 11.9. The van der Waals surface area contributed by atoms with Gasteiger partial charge < -0.3 is 14.6 Å². The van der Waals surface area contributed by atoms with Crippen LogP contribution in [0.3, 0.4) is 0 Å². The van der Waals surface area contributed by atoms with Crippen LogP contribution in [0, 0.1) is 34.5 Å². The second-order valence-electron chi connectivity index (χ2n) is 11.9. The number of hydrogen-bond acceptors (Lipinski definition) is 6. The average Bonchev–Trinajstić information content (AvgIpc) is 3.08. The fourth-order valence-electron chi connectivity index (χ4n) is 8.40. The Morgan fingerprint density at radius 3 is 2.66 bits per heavy atom. The zero-order valence-corrected chi connectivity index (χ0v) is 22.0. The first-order valence-electron chi connectivity index (χ1n) is 13.4. The molecule has 4 rings (SSSR count). The number of ether oxygens (including phenoxy) is 2. The first kappa shape index (κ1) is 26.3. The molecule has 2 unspecified atom stereocenters. The van der Waals surface area contributed by atoms with Gasteiger partial charge in [-0.25, -0.2) is 0 Å². The minimum absolute atomic E-state index is 0.00756. The van der Waals surface area contributed by atoms with Gasteiger partial charge in [-0.3, -0.25) is 14.4 Å². The predicted octanol–water partition coefficient (Wildman–Crippen LogP) is 4.59. The largest absolute Gasteiger partial charge is 0.458 e. The quantitative estimate of drug-likeness (QED) is 0.399. The average molecular weight is 487 g/mol. The number of Topliss-reactive ketones (excluding diaryl/α,β-unsaturated/α-hetero) is 1. The summed E-state index contributed by atoms with van der Waals surface area (Å²) in [5.41, 5.74) is -0.861. The van der Waals surface area contributed by atoms with Crippen molar-refractivity contribution in [1.29, 1.82) is 0 Å². The maximum atomic E-state index is 13.7. The number of hydrogen-bond donors (Lipinski definition) is 1. The summed E-state index contributed by atoms with van der Waals surface area (Å²) in [6.45, 7) is 10.1. The second kappa shape index (κ2) is 9.59. The summed E-state index contributed by atoms with van der Waals surface area (Å²) in [6.07, 6.45) is 10.5. The van der Waals surface area contributed by atoms with E-state index >= 15 is 0 Å². The monoisotopic (exact) mass is 486 g/mol. The van der Waals surface area contributed by atoms with E-state index in [-0.39, 0.29) is 47.3 Å². The van der Waals surface area contributed by atoms with Crippen LogP contribution in [0.5, 0.6) is 0 Å². The van der Waals surface area contributed by atoms with Crippen molar-refractivity contribution >= 4 is 17.5 Å². The minimum Gasteiger partial charge on any atom is -0.458 e. The highest BCUT2D eigenvalue weighted by atomic mass is 16.5. The first-order valence-corrected chi connectivity index (χ1v) is 13.4. The number of ketones is 2. The third kappa shape index (κ3) is 4.15. The van der Waals surface area contributed by atoms with E-state index in [0.717, 1.165) is 37.7 Å². The number of aliphatic hydroxyl groups excluding tert-OH is 1. The smallest absolute Gasteiger partial charge is 0.303 e. The van der Waals surface area contributed by atoms with Gasteiger partial charge in [0, 0.05) is 30.3 Å².